The molecule has 138 valence electrons. The highest BCUT2D eigenvalue weighted by molar-refractivity contribution is 9.10. The second-order valence-corrected chi connectivity index (χ2v) is 7.86. The molecule has 0 heterocycles. The maximum atomic E-state index is 11.1. The zero-order valence-electron chi connectivity index (χ0n) is 14.7. The standard InChI is InChI=1S/C21H19BrN2O2S/c1-14(25)24-16-6-9-18(10-7-16)27-21-11-8-17(12-20(21)23)26-13-15-4-2-3-5-19(15)22/h2-12H,13,23H2,1H3,(H,24,25). The van der Waals surface area contributed by atoms with Crippen molar-refractivity contribution in [2.75, 3.05) is 11.1 Å². The Morgan fingerprint density at radius 2 is 1.85 bits per heavy atom. The summed E-state index contributed by atoms with van der Waals surface area (Å²) in [5.41, 5.74) is 8.71. The smallest absolute Gasteiger partial charge is 0.221 e. The molecular formula is C21H19BrN2O2S. The first-order valence-electron chi connectivity index (χ1n) is 8.32. The first kappa shape index (κ1) is 19.3. The fourth-order valence-electron chi connectivity index (χ4n) is 2.42. The van der Waals surface area contributed by atoms with Crippen LogP contribution in [0.1, 0.15) is 12.5 Å². The van der Waals surface area contributed by atoms with Gasteiger partial charge in [0.05, 0.1) is 0 Å². The molecule has 0 aliphatic rings. The van der Waals surface area contributed by atoms with Gasteiger partial charge in [-0.1, -0.05) is 45.9 Å². The SMILES string of the molecule is CC(=O)Nc1ccc(Sc2ccc(OCc3ccccc3Br)cc2N)cc1. The summed E-state index contributed by atoms with van der Waals surface area (Å²) in [5.74, 6) is 0.645. The van der Waals surface area contributed by atoms with Crippen LogP contribution in [-0.4, -0.2) is 5.91 Å². The largest absolute Gasteiger partial charge is 0.489 e. The van der Waals surface area contributed by atoms with Crippen LogP contribution in [-0.2, 0) is 11.4 Å². The highest BCUT2D eigenvalue weighted by atomic mass is 79.9. The lowest BCUT2D eigenvalue weighted by Crippen LogP contribution is -2.05. The Labute approximate surface area is 171 Å². The number of nitrogens with two attached hydrogens (primary N) is 1. The minimum absolute atomic E-state index is 0.0854. The number of carbonyl (C=O) groups is 1. The average molecular weight is 443 g/mol. The van der Waals surface area contributed by atoms with Crippen LogP contribution in [0.2, 0.25) is 0 Å². The number of ether oxygens (including phenoxy) is 1. The summed E-state index contributed by atoms with van der Waals surface area (Å²) >= 11 is 5.09. The van der Waals surface area contributed by atoms with Gasteiger partial charge in [0.2, 0.25) is 5.91 Å². The van der Waals surface area contributed by atoms with E-state index in [9.17, 15) is 4.79 Å². The van der Waals surface area contributed by atoms with Crippen LogP contribution < -0.4 is 15.8 Å². The summed E-state index contributed by atoms with van der Waals surface area (Å²) in [6.07, 6.45) is 0. The summed E-state index contributed by atoms with van der Waals surface area (Å²) in [5, 5.41) is 2.75. The summed E-state index contributed by atoms with van der Waals surface area (Å²) in [6.45, 7) is 1.96. The van der Waals surface area contributed by atoms with Crippen molar-refractivity contribution in [1.29, 1.82) is 0 Å². The molecule has 0 unspecified atom stereocenters. The molecule has 0 saturated carbocycles. The van der Waals surface area contributed by atoms with Gasteiger partial charge in [-0.3, -0.25) is 4.79 Å². The quantitative estimate of drug-likeness (QED) is 0.479. The van der Waals surface area contributed by atoms with Crippen LogP contribution in [0.15, 0.2) is 81.0 Å². The summed E-state index contributed by atoms with van der Waals surface area (Å²) < 4.78 is 6.87. The maximum Gasteiger partial charge on any atom is 0.221 e. The number of hydrogen-bond acceptors (Lipinski definition) is 4. The number of amides is 1. The average Bonchev–Trinajstić information content (AvgIpc) is 2.64. The molecule has 0 saturated heterocycles. The summed E-state index contributed by atoms with van der Waals surface area (Å²) in [4.78, 5) is 13.1. The molecule has 6 heteroatoms. The Morgan fingerprint density at radius 3 is 2.52 bits per heavy atom. The van der Waals surface area contributed by atoms with Gasteiger partial charge in [0.1, 0.15) is 12.4 Å². The van der Waals surface area contributed by atoms with Gasteiger partial charge in [0, 0.05) is 44.2 Å². The minimum atomic E-state index is -0.0854. The van der Waals surface area contributed by atoms with Gasteiger partial charge in [0.15, 0.2) is 0 Å². The van der Waals surface area contributed by atoms with Crippen molar-refractivity contribution in [3.8, 4) is 5.75 Å². The molecule has 3 rings (SSSR count). The Morgan fingerprint density at radius 1 is 1.11 bits per heavy atom. The van der Waals surface area contributed by atoms with Crippen LogP contribution in [0.4, 0.5) is 11.4 Å². The van der Waals surface area contributed by atoms with Gasteiger partial charge in [-0.25, -0.2) is 0 Å². The molecule has 3 N–H and O–H groups in total. The number of nitrogens with one attached hydrogen (secondary N) is 1. The van der Waals surface area contributed by atoms with Crippen LogP contribution in [0.25, 0.3) is 0 Å². The third-order valence-corrected chi connectivity index (χ3v) is 5.61. The molecule has 4 nitrogen and oxygen atoms in total. The van der Waals surface area contributed by atoms with E-state index in [1.807, 2.05) is 66.7 Å². The molecule has 0 radical (unpaired) electrons. The van der Waals surface area contributed by atoms with E-state index in [0.29, 0.717) is 12.3 Å². The highest BCUT2D eigenvalue weighted by Gasteiger charge is 2.06. The second kappa shape index (κ2) is 8.97. The van der Waals surface area contributed by atoms with E-state index in [2.05, 4.69) is 21.2 Å². The van der Waals surface area contributed by atoms with Crippen molar-refractivity contribution < 1.29 is 9.53 Å². The molecular weight excluding hydrogens is 424 g/mol. The Kier molecular flexibility index (Phi) is 6.42. The van der Waals surface area contributed by atoms with Crippen molar-refractivity contribution in [3.05, 3.63) is 76.8 Å². The zero-order chi connectivity index (χ0) is 19.2. The van der Waals surface area contributed by atoms with Crippen molar-refractivity contribution in [1.82, 2.24) is 0 Å². The van der Waals surface area contributed by atoms with Crippen molar-refractivity contribution >= 4 is 45.0 Å². The van der Waals surface area contributed by atoms with Crippen LogP contribution in [0.5, 0.6) is 5.75 Å². The predicted octanol–water partition coefficient (Wildman–Crippen LogP) is 5.72. The van der Waals surface area contributed by atoms with Gasteiger partial charge in [-0.15, -0.1) is 0 Å². The van der Waals surface area contributed by atoms with E-state index in [1.54, 1.807) is 11.8 Å². The molecule has 0 aromatic heterocycles. The Bertz CT molecular complexity index is 945. The molecule has 1 amide bonds. The number of anilines is 2. The lowest BCUT2D eigenvalue weighted by Gasteiger charge is -2.11. The topological polar surface area (TPSA) is 64.3 Å². The van der Waals surface area contributed by atoms with E-state index in [4.69, 9.17) is 10.5 Å². The Hall–Kier alpha value is -2.44. The summed E-state index contributed by atoms with van der Waals surface area (Å²) in [6, 6.07) is 21.3. The van der Waals surface area contributed by atoms with Gasteiger partial charge < -0.3 is 15.8 Å². The van der Waals surface area contributed by atoms with Gasteiger partial charge in [-0.05, 0) is 42.5 Å². The predicted molar refractivity (Wildman–Crippen MR) is 114 cm³/mol. The van der Waals surface area contributed by atoms with Crippen LogP contribution in [0.3, 0.4) is 0 Å². The molecule has 3 aromatic carbocycles. The first-order chi connectivity index (χ1) is 13.0. The second-order valence-electron chi connectivity index (χ2n) is 5.89. The fourth-order valence-corrected chi connectivity index (χ4v) is 3.66. The monoisotopic (exact) mass is 442 g/mol. The number of nitrogen functional groups attached to an aromatic ring is 1. The minimum Gasteiger partial charge on any atom is -0.489 e. The number of carbonyl (C=O) groups excluding carboxylic acids is 1. The van der Waals surface area contributed by atoms with Crippen molar-refractivity contribution in [2.24, 2.45) is 0 Å². The van der Waals surface area contributed by atoms with E-state index in [1.165, 1.54) is 6.92 Å². The molecule has 0 spiro atoms. The molecule has 0 aliphatic heterocycles. The van der Waals surface area contributed by atoms with Crippen LogP contribution in [0, 0.1) is 0 Å². The molecule has 27 heavy (non-hydrogen) atoms. The number of hydrogen-bond donors (Lipinski definition) is 2. The third kappa shape index (κ3) is 5.52. The molecule has 3 aromatic rings. The lowest BCUT2D eigenvalue weighted by atomic mass is 10.2. The summed E-state index contributed by atoms with van der Waals surface area (Å²) in [7, 11) is 0. The fraction of sp³-hybridized carbons (Fsp3) is 0.0952. The van der Waals surface area contributed by atoms with Crippen molar-refractivity contribution in [3.63, 3.8) is 0 Å². The molecule has 0 bridgehead atoms. The molecule has 0 atom stereocenters. The Balaban J connectivity index is 1.64. The number of halogens is 1. The highest BCUT2D eigenvalue weighted by Crippen LogP contribution is 2.35. The molecule has 0 aliphatic carbocycles. The third-order valence-electron chi connectivity index (χ3n) is 3.74. The van der Waals surface area contributed by atoms with Gasteiger partial charge in [0.25, 0.3) is 0 Å². The maximum absolute atomic E-state index is 11.1. The van der Waals surface area contributed by atoms with Gasteiger partial charge >= 0.3 is 0 Å². The molecule has 0 fully saturated rings. The van der Waals surface area contributed by atoms with E-state index < -0.39 is 0 Å². The van der Waals surface area contributed by atoms with E-state index in [0.717, 1.165) is 31.3 Å². The zero-order valence-corrected chi connectivity index (χ0v) is 17.1. The van der Waals surface area contributed by atoms with Crippen molar-refractivity contribution in [2.45, 2.75) is 23.3 Å². The first-order valence-corrected chi connectivity index (χ1v) is 9.93. The number of rotatable bonds is 6. The lowest BCUT2D eigenvalue weighted by molar-refractivity contribution is -0.114. The van der Waals surface area contributed by atoms with E-state index >= 15 is 0 Å². The normalized spacial score (nSPS) is 10.4. The number of benzene rings is 3. The van der Waals surface area contributed by atoms with Gasteiger partial charge in [-0.2, -0.15) is 0 Å². The van der Waals surface area contributed by atoms with E-state index in [-0.39, 0.29) is 5.91 Å². The van der Waals surface area contributed by atoms with Crippen LogP contribution >= 0.6 is 27.7 Å².